The number of thiophene rings is 1. The van der Waals surface area contributed by atoms with E-state index in [0.717, 1.165) is 47.3 Å². The first-order valence-corrected chi connectivity index (χ1v) is 10.5. The number of aryl methyl sites for hydroxylation is 3. The monoisotopic (exact) mass is 421 g/mol. The Morgan fingerprint density at radius 3 is 2.46 bits per heavy atom. The number of anilines is 1. The molecule has 0 saturated carbocycles. The average molecular weight is 422 g/mol. The molecule has 0 bridgehead atoms. The Bertz CT molecular complexity index is 898. The topological polar surface area (TPSA) is 64.6 Å². The highest BCUT2D eigenvalue weighted by atomic mass is 35.5. The molecule has 150 valence electrons. The molecule has 1 heterocycles. The van der Waals surface area contributed by atoms with Gasteiger partial charge in [0.25, 0.3) is 5.91 Å². The lowest BCUT2D eigenvalue weighted by Gasteiger charge is -2.16. The van der Waals surface area contributed by atoms with Crippen molar-refractivity contribution in [1.29, 1.82) is 0 Å². The molecule has 1 atom stereocenters. The van der Waals surface area contributed by atoms with Crippen LogP contribution in [0, 0.1) is 13.8 Å². The normalized spacial score (nSPS) is 14.2. The van der Waals surface area contributed by atoms with Crippen molar-refractivity contribution in [3.05, 3.63) is 44.3 Å². The van der Waals surface area contributed by atoms with Crippen LogP contribution in [0.15, 0.2) is 12.1 Å². The van der Waals surface area contributed by atoms with E-state index in [-0.39, 0.29) is 5.91 Å². The Labute approximate surface area is 174 Å². The van der Waals surface area contributed by atoms with Crippen LogP contribution in [0.3, 0.4) is 0 Å². The van der Waals surface area contributed by atoms with Crippen LogP contribution < -0.4 is 10.1 Å². The second-order valence-electron chi connectivity index (χ2n) is 7.03. The summed E-state index contributed by atoms with van der Waals surface area (Å²) in [6, 6.07) is 3.62. The quantitative estimate of drug-likeness (QED) is 0.683. The van der Waals surface area contributed by atoms with Crippen LogP contribution in [-0.4, -0.2) is 25.1 Å². The van der Waals surface area contributed by atoms with Crippen molar-refractivity contribution in [3.63, 3.8) is 0 Å². The third-order valence-electron chi connectivity index (χ3n) is 4.89. The third-order valence-corrected chi connectivity index (χ3v) is 6.69. The van der Waals surface area contributed by atoms with Gasteiger partial charge in [0.15, 0.2) is 6.10 Å². The van der Waals surface area contributed by atoms with Crippen molar-refractivity contribution in [3.8, 4) is 5.75 Å². The van der Waals surface area contributed by atoms with Gasteiger partial charge >= 0.3 is 5.97 Å². The van der Waals surface area contributed by atoms with Crippen LogP contribution in [0.5, 0.6) is 5.75 Å². The van der Waals surface area contributed by atoms with E-state index in [2.05, 4.69) is 5.32 Å². The van der Waals surface area contributed by atoms with E-state index in [4.69, 9.17) is 21.1 Å². The number of carbonyl (C=O) groups excluding carboxylic acids is 2. The molecule has 1 aromatic carbocycles. The summed E-state index contributed by atoms with van der Waals surface area (Å²) in [5.41, 5.74) is 3.28. The highest BCUT2D eigenvalue weighted by Gasteiger charge is 2.28. The first kappa shape index (κ1) is 20.7. The van der Waals surface area contributed by atoms with E-state index >= 15 is 0 Å². The Morgan fingerprint density at radius 2 is 1.82 bits per heavy atom. The van der Waals surface area contributed by atoms with Gasteiger partial charge in [-0.25, -0.2) is 4.79 Å². The molecule has 5 nitrogen and oxygen atoms in total. The van der Waals surface area contributed by atoms with Gasteiger partial charge in [-0.3, -0.25) is 4.79 Å². The van der Waals surface area contributed by atoms with E-state index in [1.807, 2.05) is 26.0 Å². The predicted octanol–water partition coefficient (Wildman–Crippen LogP) is 5.09. The van der Waals surface area contributed by atoms with Gasteiger partial charge < -0.3 is 14.8 Å². The van der Waals surface area contributed by atoms with Crippen molar-refractivity contribution >= 4 is 39.8 Å². The SMILES string of the molecule is COC(=O)c1c(NC(=O)[C@H](C)Oc2cc(C)c(Cl)c(C)c2)sc2c1CCCC2. The molecule has 1 aliphatic rings. The zero-order chi connectivity index (χ0) is 20.4. The summed E-state index contributed by atoms with van der Waals surface area (Å²) in [7, 11) is 1.36. The van der Waals surface area contributed by atoms with Crippen molar-refractivity contribution in [2.45, 2.75) is 52.6 Å². The van der Waals surface area contributed by atoms with Crippen LogP contribution >= 0.6 is 22.9 Å². The fourth-order valence-electron chi connectivity index (χ4n) is 3.42. The number of fused-ring (bicyclic) bond motifs is 1. The standard InChI is InChI=1S/C21H24ClNO4S/c1-11-9-14(10-12(2)18(11)22)27-13(3)19(24)23-20-17(21(25)26-4)15-7-5-6-8-16(15)28-20/h9-10,13H,5-8H2,1-4H3,(H,23,24)/t13-/m0/s1. The number of benzene rings is 1. The Balaban J connectivity index is 1.79. The fourth-order valence-corrected chi connectivity index (χ4v) is 4.81. The second kappa shape index (κ2) is 8.53. The lowest BCUT2D eigenvalue weighted by Crippen LogP contribution is -2.30. The molecule has 3 rings (SSSR count). The molecule has 0 unspecified atom stereocenters. The molecule has 1 N–H and O–H groups in total. The van der Waals surface area contributed by atoms with Gasteiger partial charge in [0.1, 0.15) is 10.8 Å². The summed E-state index contributed by atoms with van der Waals surface area (Å²) >= 11 is 7.65. The first-order chi connectivity index (χ1) is 13.3. The lowest BCUT2D eigenvalue weighted by molar-refractivity contribution is -0.122. The van der Waals surface area contributed by atoms with Crippen molar-refractivity contribution in [1.82, 2.24) is 0 Å². The molecule has 1 aliphatic carbocycles. The molecular weight excluding hydrogens is 398 g/mol. The largest absolute Gasteiger partial charge is 0.481 e. The number of rotatable bonds is 5. The van der Waals surface area contributed by atoms with Crippen molar-refractivity contribution in [2.24, 2.45) is 0 Å². The van der Waals surface area contributed by atoms with Crippen molar-refractivity contribution in [2.75, 3.05) is 12.4 Å². The number of halogens is 1. The number of hydrogen-bond donors (Lipinski definition) is 1. The highest BCUT2D eigenvalue weighted by Crippen LogP contribution is 2.38. The fraction of sp³-hybridized carbons (Fsp3) is 0.429. The van der Waals surface area contributed by atoms with Crippen LogP contribution in [0.25, 0.3) is 0 Å². The van der Waals surface area contributed by atoms with Gasteiger partial charge in [0.05, 0.1) is 12.7 Å². The maximum Gasteiger partial charge on any atom is 0.341 e. The number of carbonyl (C=O) groups is 2. The van der Waals surface area contributed by atoms with Gasteiger partial charge in [0.2, 0.25) is 0 Å². The van der Waals surface area contributed by atoms with E-state index in [0.29, 0.717) is 21.3 Å². The maximum atomic E-state index is 12.7. The molecular formula is C21H24ClNO4S. The van der Waals surface area contributed by atoms with Gasteiger partial charge in [-0.2, -0.15) is 0 Å². The van der Waals surface area contributed by atoms with Gasteiger partial charge in [-0.05, 0) is 75.3 Å². The molecule has 0 spiro atoms. The molecule has 28 heavy (non-hydrogen) atoms. The summed E-state index contributed by atoms with van der Waals surface area (Å²) in [4.78, 5) is 26.2. The molecule has 1 aromatic heterocycles. The zero-order valence-corrected chi connectivity index (χ0v) is 18.1. The third kappa shape index (κ3) is 4.18. The summed E-state index contributed by atoms with van der Waals surface area (Å²) < 4.78 is 10.8. The minimum atomic E-state index is -0.732. The van der Waals surface area contributed by atoms with Crippen LogP contribution in [0.1, 0.15) is 51.7 Å². The number of ether oxygens (including phenoxy) is 2. The van der Waals surface area contributed by atoms with Crippen LogP contribution in [0.2, 0.25) is 5.02 Å². The van der Waals surface area contributed by atoms with E-state index in [9.17, 15) is 9.59 Å². The molecule has 0 saturated heterocycles. The van der Waals surface area contributed by atoms with Gasteiger partial charge in [0, 0.05) is 9.90 Å². The van der Waals surface area contributed by atoms with Gasteiger partial charge in [-0.1, -0.05) is 11.6 Å². The Morgan fingerprint density at radius 1 is 1.18 bits per heavy atom. The highest BCUT2D eigenvalue weighted by molar-refractivity contribution is 7.17. The number of esters is 1. The average Bonchev–Trinajstić information content (AvgIpc) is 3.03. The summed E-state index contributed by atoms with van der Waals surface area (Å²) in [6.07, 6.45) is 3.16. The minimum absolute atomic E-state index is 0.311. The minimum Gasteiger partial charge on any atom is -0.481 e. The summed E-state index contributed by atoms with van der Waals surface area (Å²) in [6.45, 7) is 5.47. The van der Waals surface area contributed by atoms with Crippen LogP contribution in [0.4, 0.5) is 5.00 Å². The Kier molecular flexibility index (Phi) is 6.30. The molecule has 0 radical (unpaired) electrons. The predicted molar refractivity (Wildman–Crippen MR) is 112 cm³/mol. The molecule has 0 aliphatic heterocycles. The Hall–Kier alpha value is -2.05. The number of methoxy groups -OCH3 is 1. The molecule has 0 fully saturated rings. The zero-order valence-electron chi connectivity index (χ0n) is 16.5. The number of hydrogen-bond acceptors (Lipinski definition) is 5. The van der Waals surface area contributed by atoms with E-state index in [1.54, 1.807) is 6.92 Å². The molecule has 2 aromatic rings. The van der Waals surface area contributed by atoms with E-state index < -0.39 is 12.1 Å². The van der Waals surface area contributed by atoms with E-state index in [1.165, 1.54) is 18.4 Å². The van der Waals surface area contributed by atoms with Crippen LogP contribution in [-0.2, 0) is 22.4 Å². The smallest absolute Gasteiger partial charge is 0.341 e. The molecule has 1 amide bonds. The first-order valence-electron chi connectivity index (χ1n) is 9.29. The second-order valence-corrected chi connectivity index (χ2v) is 8.51. The number of amides is 1. The lowest BCUT2D eigenvalue weighted by atomic mass is 9.95. The van der Waals surface area contributed by atoms with Gasteiger partial charge in [-0.15, -0.1) is 11.3 Å². The maximum absolute atomic E-state index is 12.7. The number of nitrogens with one attached hydrogen (secondary N) is 1. The summed E-state index contributed by atoms with van der Waals surface area (Å²) in [5.74, 6) is -0.137. The van der Waals surface area contributed by atoms with Crippen molar-refractivity contribution < 1.29 is 19.1 Å². The molecule has 7 heteroatoms. The summed E-state index contributed by atoms with van der Waals surface area (Å²) in [5, 5.41) is 4.11.